The lowest BCUT2D eigenvalue weighted by molar-refractivity contribution is 0.564. The number of hydrogen-bond acceptors (Lipinski definition) is 4. The first-order chi connectivity index (χ1) is 14.7. The van der Waals surface area contributed by atoms with Crippen LogP contribution in [0.3, 0.4) is 0 Å². The van der Waals surface area contributed by atoms with Crippen molar-refractivity contribution in [3.8, 4) is 22.6 Å². The quantitative estimate of drug-likeness (QED) is 0.436. The molecule has 0 spiro atoms. The topological polar surface area (TPSA) is 46.3 Å². The Bertz CT molecular complexity index is 1140. The van der Waals surface area contributed by atoms with Crippen LogP contribution in [0.4, 0.5) is 0 Å². The van der Waals surface area contributed by atoms with Crippen LogP contribution in [0.1, 0.15) is 5.56 Å². The smallest absolute Gasteiger partial charge is 0.161 e. The minimum absolute atomic E-state index is 0.791. The van der Waals surface area contributed by atoms with E-state index in [1.54, 1.807) is 12.4 Å². The average molecular weight is 393 g/mol. The number of imidazole rings is 1. The average Bonchev–Trinajstić information content (AvgIpc) is 3.22. The molecule has 0 amide bonds. The number of benzene rings is 2. The van der Waals surface area contributed by atoms with E-state index in [-0.39, 0.29) is 0 Å². The van der Waals surface area contributed by atoms with Gasteiger partial charge in [-0.05, 0) is 18.2 Å². The Balaban J connectivity index is 1.87. The molecule has 0 saturated heterocycles. The molecule has 5 heteroatoms. The first kappa shape index (κ1) is 19.3. The van der Waals surface area contributed by atoms with E-state index in [0.717, 1.165) is 33.9 Å². The zero-order valence-electron chi connectivity index (χ0n) is 17.1. The third-order valence-electron chi connectivity index (χ3n) is 4.51. The third kappa shape index (κ3) is 4.52. The van der Waals surface area contributed by atoms with E-state index < -0.39 is 0 Å². The molecule has 0 N–H and O–H groups in total. The van der Waals surface area contributed by atoms with Gasteiger partial charge < -0.3 is 4.90 Å². The van der Waals surface area contributed by atoms with E-state index in [2.05, 4.69) is 17.1 Å². The summed E-state index contributed by atoms with van der Waals surface area (Å²) in [4.78, 5) is 11.0. The van der Waals surface area contributed by atoms with Crippen LogP contribution < -0.4 is 0 Å². The van der Waals surface area contributed by atoms with E-state index >= 15 is 0 Å². The predicted molar refractivity (Wildman–Crippen MR) is 122 cm³/mol. The van der Waals surface area contributed by atoms with Gasteiger partial charge in [-0.15, -0.1) is 0 Å². The van der Waals surface area contributed by atoms with Gasteiger partial charge in [0, 0.05) is 49.4 Å². The molecule has 0 radical (unpaired) electrons. The second-order valence-corrected chi connectivity index (χ2v) is 7.03. The van der Waals surface area contributed by atoms with Gasteiger partial charge in [-0.2, -0.15) is 5.10 Å². The monoisotopic (exact) mass is 393 g/mol. The van der Waals surface area contributed by atoms with Gasteiger partial charge in [0.1, 0.15) is 0 Å². The molecule has 2 aromatic carbocycles. The minimum Gasteiger partial charge on any atom is -0.383 e. The summed E-state index contributed by atoms with van der Waals surface area (Å²) in [6, 6.07) is 24.2. The molecule has 2 heterocycles. The molecule has 0 bridgehead atoms. The summed E-state index contributed by atoms with van der Waals surface area (Å²) in [5.74, 6) is 0.791. The maximum absolute atomic E-state index is 4.95. The van der Waals surface area contributed by atoms with Crippen molar-refractivity contribution in [3.63, 3.8) is 0 Å². The second-order valence-electron chi connectivity index (χ2n) is 7.03. The lowest BCUT2D eigenvalue weighted by Crippen LogP contribution is -2.06. The summed E-state index contributed by atoms with van der Waals surface area (Å²) in [5, 5.41) is 4.95. The molecule has 148 valence electrons. The van der Waals surface area contributed by atoms with E-state index in [1.807, 2.05) is 103 Å². The summed E-state index contributed by atoms with van der Waals surface area (Å²) in [6.07, 6.45) is 9.50. The van der Waals surface area contributed by atoms with Crippen molar-refractivity contribution in [1.82, 2.24) is 19.5 Å². The molecular formula is C25H23N5. The second kappa shape index (κ2) is 9.01. The van der Waals surface area contributed by atoms with E-state index in [0.29, 0.717) is 0 Å². The van der Waals surface area contributed by atoms with Gasteiger partial charge in [0.25, 0.3) is 0 Å². The zero-order chi connectivity index (χ0) is 20.8. The van der Waals surface area contributed by atoms with Crippen molar-refractivity contribution in [2.45, 2.75) is 0 Å². The maximum Gasteiger partial charge on any atom is 0.161 e. The Labute approximate surface area is 176 Å². The Hall–Kier alpha value is -3.99. The number of nitrogens with zero attached hydrogens (tertiary/aromatic N) is 5. The van der Waals surface area contributed by atoms with Crippen LogP contribution in [0.2, 0.25) is 0 Å². The van der Waals surface area contributed by atoms with Gasteiger partial charge in [-0.3, -0.25) is 4.98 Å². The fraction of sp³-hybridized carbons (Fsp3) is 0.0800. The Morgan fingerprint density at radius 3 is 2.13 bits per heavy atom. The van der Waals surface area contributed by atoms with Crippen LogP contribution in [0.25, 0.3) is 22.6 Å². The highest BCUT2D eigenvalue weighted by Crippen LogP contribution is 2.25. The summed E-state index contributed by atoms with van der Waals surface area (Å²) >= 11 is 0. The lowest BCUT2D eigenvalue weighted by Gasteiger charge is -2.07. The van der Waals surface area contributed by atoms with E-state index in [9.17, 15) is 0 Å². The molecule has 0 aliphatic rings. The summed E-state index contributed by atoms with van der Waals surface area (Å²) in [6.45, 7) is 0. The summed E-state index contributed by atoms with van der Waals surface area (Å²) in [5.41, 5.74) is 4.74. The predicted octanol–water partition coefficient (Wildman–Crippen LogP) is 4.94. The first-order valence-electron chi connectivity index (χ1n) is 9.75. The van der Waals surface area contributed by atoms with Gasteiger partial charge in [-0.25, -0.2) is 9.66 Å². The highest BCUT2D eigenvalue weighted by atomic mass is 15.4. The van der Waals surface area contributed by atoms with Gasteiger partial charge in [-0.1, -0.05) is 60.7 Å². The molecule has 0 aliphatic heterocycles. The van der Waals surface area contributed by atoms with Crippen LogP contribution in [0, 0.1) is 0 Å². The highest BCUT2D eigenvalue weighted by Gasteiger charge is 2.12. The van der Waals surface area contributed by atoms with Crippen molar-refractivity contribution in [1.29, 1.82) is 0 Å². The van der Waals surface area contributed by atoms with Gasteiger partial charge in [0.2, 0.25) is 0 Å². The van der Waals surface area contributed by atoms with E-state index in [4.69, 9.17) is 10.1 Å². The largest absolute Gasteiger partial charge is 0.383 e. The molecule has 0 fully saturated rings. The third-order valence-corrected chi connectivity index (χ3v) is 4.51. The van der Waals surface area contributed by atoms with Gasteiger partial charge >= 0.3 is 0 Å². The van der Waals surface area contributed by atoms with Crippen LogP contribution in [0.15, 0.2) is 109 Å². The van der Waals surface area contributed by atoms with Crippen LogP contribution in [0.5, 0.6) is 0 Å². The van der Waals surface area contributed by atoms with Gasteiger partial charge in [0.15, 0.2) is 5.82 Å². The number of rotatable bonds is 6. The first-order valence-corrected chi connectivity index (χ1v) is 9.75. The normalized spacial score (nSPS) is 11.7. The molecular weight excluding hydrogens is 370 g/mol. The molecule has 5 nitrogen and oxygen atoms in total. The minimum atomic E-state index is 0.791. The van der Waals surface area contributed by atoms with Crippen molar-refractivity contribution in [2.75, 3.05) is 14.1 Å². The number of allylic oxidation sites excluding steroid dienone is 1. The fourth-order valence-corrected chi connectivity index (χ4v) is 3.03. The number of pyridine rings is 1. The zero-order valence-corrected chi connectivity index (χ0v) is 17.1. The maximum atomic E-state index is 4.95. The Kier molecular flexibility index (Phi) is 5.80. The van der Waals surface area contributed by atoms with Crippen molar-refractivity contribution >= 4 is 5.71 Å². The number of aromatic nitrogens is 3. The number of hydrogen-bond donors (Lipinski definition) is 0. The molecule has 2 aromatic heterocycles. The Morgan fingerprint density at radius 2 is 1.50 bits per heavy atom. The molecule has 30 heavy (non-hydrogen) atoms. The molecule has 0 aliphatic carbocycles. The van der Waals surface area contributed by atoms with Gasteiger partial charge in [0.05, 0.1) is 17.6 Å². The molecule has 4 rings (SSSR count). The van der Waals surface area contributed by atoms with Crippen molar-refractivity contribution < 1.29 is 0 Å². The van der Waals surface area contributed by atoms with Crippen molar-refractivity contribution in [3.05, 3.63) is 109 Å². The summed E-state index contributed by atoms with van der Waals surface area (Å²) in [7, 11) is 3.97. The Morgan fingerprint density at radius 1 is 0.867 bits per heavy atom. The molecule has 0 saturated carbocycles. The molecule has 4 aromatic rings. The van der Waals surface area contributed by atoms with Crippen LogP contribution in [-0.2, 0) is 0 Å². The molecule has 0 unspecified atom stereocenters. The van der Waals surface area contributed by atoms with Crippen LogP contribution in [-0.4, -0.2) is 39.4 Å². The highest BCUT2D eigenvalue weighted by molar-refractivity contribution is 6.08. The fourth-order valence-electron chi connectivity index (χ4n) is 3.03. The van der Waals surface area contributed by atoms with E-state index in [1.165, 1.54) is 0 Å². The summed E-state index contributed by atoms with van der Waals surface area (Å²) < 4.78 is 1.85. The standard InChI is InChI=1S/C25H23N5/c1-29(2)18-15-23(21-13-16-26-17-14-21)28-30-19-24(20-9-5-3-6-10-20)27-25(30)22-11-7-4-8-12-22/h3-19H,1-2H3/b18-15+,28-23+. The lowest BCUT2D eigenvalue weighted by atomic mass is 10.1. The SMILES string of the molecule is CN(C)/C=C/C(=N\n1cc(-c2ccccc2)nc1-c1ccccc1)c1ccncc1. The van der Waals surface area contributed by atoms with Crippen LogP contribution >= 0.6 is 0 Å². The molecule has 0 atom stereocenters. The van der Waals surface area contributed by atoms with Crippen molar-refractivity contribution in [2.24, 2.45) is 5.10 Å².